The lowest BCUT2D eigenvalue weighted by Gasteiger charge is -2.27. The second-order valence-electron chi connectivity index (χ2n) is 7.30. The Balaban J connectivity index is 1.74. The van der Waals surface area contributed by atoms with Gasteiger partial charge in [-0.1, -0.05) is 29.8 Å². The summed E-state index contributed by atoms with van der Waals surface area (Å²) in [6, 6.07) is 12.6. The van der Waals surface area contributed by atoms with Gasteiger partial charge in [0.15, 0.2) is 0 Å². The molecule has 0 bridgehead atoms. The molecule has 0 saturated carbocycles. The molecule has 0 spiro atoms. The molecule has 0 atom stereocenters. The number of halogens is 1. The van der Waals surface area contributed by atoms with E-state index in [1.807, 2.05) is 0 Å². The Morgan fingerprint density at radius 1 is 1.19 bits per heavy atom. The van der Waals surface area contributed by atoms with E-state index in [1.54, 1.807) is 30.3 Å². The molecule has 1 heterocycles. The summed E-state index contributed by atoms with van der Waals surface area (Å²) in [7, 11) is -2.60. The van der Waals surface area contributed by atoms with Crippen LogP contribution in [-0.2, 0) is 19.6 Å². The molecule has 32 heavy (non-hydrogen) atoms. The Labute approximate surface area is 194 Å². The zero-order valence-electron chi connectivity index (χ0n) is 18.0. The second kappa shape index (κ2) is 11.5. The predicted octanol–water partition coefficient (Wildman–Crippen LogP) is 2.38. The van der Waals surface area contributed by atoms with Crippen LogP contribution >= 0.6 is 11.6 Å². The highest BCUT2D eigenvalue weighted by Gasteiger charge is 2.29. The van der Waals surface area contributed by atoms with Gasteiger partial charge in [0.1, 0.15) is 12.3 Å². The minimum Gasteiger partial charge on any atom is -0.495 e. The third kappa shape index (κ3) is 6.35. The molecule has 2 aromatic carbocycles. The minimum atomic E-state index is -4.03. The smallest absolute Gasteiger partial charge is 0.264 e. The number of benzene rings is 2. The SMILES string of the molecule is COc1ccc(Cl)cc1N(CC(=O)NCCCN1CCOCC1)S(=O)(=O)c1ccccc1. The molecule has 1 aliphatic rings. The summed E-state index contributed by atoms with van der Waals surface area (Å²) in [4.78, 5) is 15.1. The number of carbonyl (C=O) groups excluding carboxylic acids is 1. The topological polar surface area (TPSA) is 88.2 Å². The molecule has 10 heteroatoms. The van der Waals surface area contributed by atoms with Crippen molar-refractivity contribution in [3.05, 3.63) is 53.6 Å². The van der Waals surface area contributed by atoms with Gasteiger partial charge in [0, 0.05) is 24.7 Å². The number of nitrogens with one attached hydrogen (secondary N) is 1. The number of hydrogen-bond donors (Lipinski definition) is 1. The Kier molecular flexibility index (Phi) is 8.75. The molecule has 8 nitrogen and oxygen atoms in total. The monoisotopic (exact) mass is 481 g/mol. The first kappa shape index (κ1) is 24.3. The molecule has 0 radical (unpaired) electrons. The molecule has 1 amide bonds. The van der Waals surface area contributed by atoms with Crippen LogP contribution < -0.4 is 14.4 Å². The fourth-order valence-electron chi connectivity index (χ4n) is 3.42. The molecule has 0 aliphatic carbocycles. The Hall–Kier alpha value is -2.33. The van der Waals surface area contributed by atoms with Gasteiger partial charge in [-0.05, 0) is 43.3 Å². The van der Waals surface area contributed by atoms with Gasteiger partial charge in [0.2, 0.25) is 5.91 Å². The van der Waals surface area contributed by atoms with Crippen LogP contribution in [-0.4, -0.2) is 72.3 Å². The van der Waals surface area contributed by atoms with Crippen molar-refractivity contribution in [2.45, 2.75) is 11.3 Å². The normalized spacial score (nSPS) is 14.7. The molecular weight excluding hydrogens is 454 g/mol. The lowest BCUT2D eigenvalue weighted by molar-refractivity contribution is -0.119. The van der Waals surface area contributed by atoms with Gasteiger partial charge in [0.25, 0.3) is 10.0 Å². The maximum atomic E-state index is 13.4. The van der Waals surface area contributed by atoms with E-state index in [9.17, 15) is 13.2 Å². The lowest BCUT2D eigenvalue weighted by atomic mass is 10.3. The van der Waals surface area contributed by atoms with E-state index in [4.69, 9.17) is 21.1 Å². The van der Waals surface area contributed by atoms with Gasteiger partial charge in [-0.15, -0.1) is 0 Å². The number of hydrogen-bond acceptors (Lipinski definition) is 6. The van der Waals surface area contributed by atoms with Crippen LogP contribution in [0.5, 0.6) is 5.75 Å². The van der Waals surface area contributed by atoms with Gasteiger partial charge in [-0.2, -0.15) is 0 Å². The molecule has 0 aromatic heterocycles. The number of nitrogens with zero attached hydrogens (tertiary/aromatic N) is 2. The van der Waals surface area contributed by atoms with Crippen molar-refractivity contribution in [3.8, 4) is 5.75 Å². The van der Waals surface area contributed by atoms with E-state index in [0.29, 0.717) is 17.3 Å². The highest BCUT2D eigenvalue weighted by Crippen LogP contribution is 2.34. The average molecular weight is 482 g/mol. The fraction of sp³-hybridized carbons (Fsp3) is 0.409. The molecule has 174 valence electrons. The van der Waals surface area contributed by atoms with Crippen LogP contribution in [0.15, 0.2) is 53.4 Å². The minimum absolute atomic E-state index is 0.0714. The van der Waals surface area contributed by atoms with Crippen LogP contribution in [0, 0.1) is 0 Å². The van der Waals surface area contributed by atoms with Crippen LogP contribution in [0.4, 0.5) is 5.69 Å². The molecule has 2 aromatic rings. The van der Waals surface area contributed by atoms with Gasteiger partial charge < -0.3 is 14.8 Å². The first-order chi connectivity index (χ1) is 15.4. The number of rotatable bonds is 10. The average Bonchev–Trinajstić information content (AvgIpc) is 2.81. The van der Waals surface area contributed by atoms with Crippen LogP contribution in [0.2, 0.25) is 5.02 Å². The number of morpholine rings is 1. The van der Waals surface area contributed by atoms with Crippen molar-refractivity contribution >= 4 is 33.2 Å². The third-order valence-corrected chi connectivity index (χ3v) is 7.11. The second-order valence-corrected chi connectivity index (χ2v) is 9.60. The molecule has 1 saturated heterocycles. The molecule has 0 unspecified atom stereocenters. The van der Waals surface area contributed by atoms with E-state index in [0.717, 1.165) is 43.6 Å². The van der Waals surface area contributed by atoms with Gasteiger partial charge >= 0.3 is 0 Å². The number of amides is 1. The number of anilines is 1. The highest BCUT2D eigenvalue weighted by atomic mass is 35.5. The summed E-state index contributed by atoms with van der Waals surface area (Å²) in [6.07, 6.45) is 0.762. The predicted molar refractivity (Wildman–Crippen MR) is 124 cm³/mol. The Bertz CT molecular complexity index is 998. The first-order valence-electron chi connectivity index (χ1n) is 10.4. The summed E-state index contributed by atoms with van der Waals surface area (Å²) in [5.74, 6) is -0.109. The number of ether oxygens (including phenoxy) is 2. The largest absolute Gasteiger partial charge is 0.495 e. The van der Waals surface area contributed by atoms with E-state index in [1.165, 1.54) is 25.3 Å². The zero-order chi connectivity index (χ0) is 23.0. The van der Waals surface area contributed by atoms with Crippen molar-refractivity contribution in [1.29, 1.82) is 0 Å². The quantitative estimate of drug-likeness (QED) is 0.524. The standard InChI is InChI=1S/C22H28ClN3O5S/c1-30-21-9-8-18(23)16-20(21)26(32(28,29)19-6-3-2-4-7-19)17-22(27)24-10-5-11-25-12-14-31-15-13-25/h2-4,6-9,16H,5,10-15,17H2,1H3,(H,24,27). The lowest BCUT2D eigenvalue weighted by Crippen LogP contribution is -2.42. The zero-order valence-corrected chi connectivity index (χ0v) is 19.6. The number of carbonyl (C=O) groups is 1. The van der Waals surface area contributed by atoms with Crippen molar-refractivity contribution in [2.75, 3.05) is 57.4 Å². The maximum absolute atomic E-state index is 13.4. The summed E-state index contributed by atoms with van der Waals surface area (Å²) in [5, 5.41) is 3.15. The fourth-order valence-corrected chi connectivity index (χ4v) is 5.03. The molecule has 1 N–H and O–H groups in total. The highest BCUT2D eigenvalue weighted by molar-refractivity contribution is 7.92. The van der Waals surface area contributed by atoms with Crippen molar-refractivity contribution in [2.24, 2.45) is 0 Å². The van der Waals surface area contributed by atoms with E-state index >= 15 is 0 Å². The maximum Gasteiger partial charge on any atom is 0.264 e. The molecule has 1 fully saturated rings. The van der Waals surface area contributed by atoms with E-state index in [-0.39, 0.29) is 10.6 Å². The van der Waals surface area contributed by atoms with E-state index < -0.39 is 22.5 Å². The third-order valence-electron chi connectivity index (χ3n) is 5.10. The first-order valence-corrected chi connectivity index (χ1v) is 12.2. The van der Waals surface area contributed by atoms with Gasteiger partial charge in [-0.3, -0.25) is 14.0 Å². The molecular formula is C22H28ClN3O5S. The summed E-state index contributed by atoms with van der Waals surface area (Å²) in [6.45, 7) is 4.10. The van der Waals surface area contributed by atoms with Crippen molar-refractivity contribution in [1.82, 2.24) is 10.2 Å². The molecule has 1 aliphatic heterocycles. The van der Waals surface area contributed by atoms with Crippen molar-refractivity contribution < 1.29 is 22.7 Å². The van der Waals surface area contributed by atoms with Crippen LogP contribution in [0.1, 0.15) is 6.42 Å². The Morgan fingerprint density at radius 3 is 2.59 bits per heavy atom. The van der Waals surface area contributed by atoms with Crippen molar-refractivity contribution in [3.63, 3.8) is 0 Å². The van der Waals surface area contributed by atoms with Gasteiger partial charge in [0.05, 0.1) is 30.9 Å². The number of sulfonamides is 1. The summed E-state index contributed by atoms with van der Waals surface area (Å²) in [5.41, 5.74) is 0.201. The molecule has 3 rings (SSSR count). The number of methoxy groups -OCH3 is 1. The summed E-state index contributed by atoms with van der Waals surface area (Å²) >= 11 is 6.14. The van der Waals surface area contributed by atoms with Crippen LogP contribution in [0.3, 0.4) is 0 Å². The summed E-state index contributed by atoms with van der Waals surface area (Å²) < 4.78 is 38.5. The Morgan fingerprint density at radius 2 is 1.91 bits per heavy atom. The van der Waals surface area contributed by atoms with Gasteiger partial charge in [-0.25, -0.2) is 8.42 Å². The van der Waals surface area contributed by atoms with E-state index in [2.05, 4.69) is 10.2 Å². The van der Waals surface area contributed by atoms with Crippen LogP contribution in [0.25, 0.3) is 0 Å².